The van der Waals surface area contributed by atoms with Crippen molar-refractivity contribution >= 4 is 0 Å². The van der Waals surface area contributed by atoms with E-state index < -0.39 is 0 Å². The zero-order chi connectivity index (χ0) is 13.9. The molecule has 0 atom stereocenters. The number of likely N-dealkylation sites (tertiary alicyclic amines) is 1. The predicted octanol–water partition coefficient (Wildman–Crippen LogP) is 3.45. The Morgan fingerprint density at radius 3 is 2.37 bits per heavy atom. The van der Waals surface area contributed by atoms with E-state index in [9.17, 15) is 0 Å². The molecule has 108 valence electrons. The van der Waals surface area contributed by atoms with Gasteiger partial charge in [0.05, 0.1) is 13.1 Å². The first-order valence-electron chi connectivity index (χ1n) is 7.63. The van der Waals surface area contributed by atoms with Crippen LogP contribution in [0.5, 0.6) is 0 Å². The number of hydrogen-bond donors (Lipinski definition) is 1. The average Bonchev–Trinajstić information content (AvgIpc) is 2.80. The Morgan fingerprint density at radius 1 is 1.26 bits per heavy atom. The largest absolute Gasteiger partial charge is 0.463 e. The summed E-state index contributed by atoms with van der Waals surface area (Å²) in [5.74, 6) is 2.00. The Labute approximate surface area is 117 Å². The van der Waals surface area contributed by atoms with Crippen LogP contribution in [0.15, 0.2) is 10.5 Å². The summed E-state index contributed by atoms with van der Waals surface area (Å²) >= 11 is 0. The van der Waals surface area contributed by atoms with Gasteiger partial charge in [0.15, 0.2) is 0 Å². The highest BCUT2D eigenvalue weighted by Gasteiger charge is 2.31. The SMILES string of the molecule is CCC1(CC)CCN(Cc2cc(C)c(CN)o2)CC1. The van der Waals surface area contributed by atoms with Crippen LogP contribution in [0.4, 0.5) is 0 Å². The fourth-order valence-electron chi connectivity index (χ4n) is 3.23. The van der Waals surface area contributed by atoms with E-state index in [0.717, 1.165) is 18.1 Å². The maximum absolute atomic E-state index is 5.80. The van der Waals surface area contributed by atoms with E-state index in [2.05, 4.69) is 31.7 Å². The van der Waals surface area contributed by atoms with Crippen molar-refractivity contribution in [1.29, 1.82) is 0 Å². The van der Waals surface area contributed by atoms with E-state index in [1.807, 2.05) is 0 Å². The summed E-state index contributed by atoms with van der Waals surface area (Å²) in [6.45, 7) is 10.6. The van der Waals surface area contributed by atoms with Crippen molar-refractivity contribution in [3.05, 3.63) is 23.2 Å². The Kier molecular flexibility index (Phi) is 4.69. The molecular weight excluding hydrogens is 236 g/mol. The fourth-order valence-corrected chi connectivity index (χ4v) is 3.23. The summed E-state index contributed by atoms with van der Waals surface area (Å²) in [6.07, 6.45) is 5.27. The predicted molar refractivity (Wildman–Crippen MR) is 78.9 cm³/mol. The minimum absolute atomic E-state index is 0.501. The molecule has 1 saturated heterocycles. The lowest BCUT2D eigenvalue weighted by Gasteiger charge is -2.40. The normalized spacial score (nSPS) is 19.8. The molecule has 0 bridgehead atoms. The van der Waals surface area contributed by atoms with Gasteiger partial charge in [0.1, 0.15) is 11.5 Å². The van der Waals surface area contributed by atoms with Crippen LogP contribution < -0.4 is 5.73 Å². The third-order valence-electron chi connectivity index (χ3n) is 5.05. The second-order valence-corrected chi connectivity index (χ2v) is 6.01. The first-order chi connectivity index (χ1) is 9.12. The summed E-state index contributed by atoms with van der Waals surface area (Å²) in [5.41, 5.74) is 7.44. The number of furan rings is 1. The van der Waals surface area contributed by atoms with Crippen LogP contribution >= 0.6 is 0 Å². The molecule has 1 aromatic heterocycles. The number of aryl methyl sites for hydroxylation is 1. The Bertz CT molecular complexity index is 397. The second kappa shape index (κ2) is 6.10. The molecule has 0 radical (unpaired) electrons. The number of hydrogen-bond acceptors (Lipinski definition) is 3. The topological polar surface area (TPSA) is 42.4 Å². The van der Waals surface area contributed by atoms with E-state index in [0.29, 0.717) is 12.0 Å². The van der Waals surface area contributed by atoms with E-state index in [4.69, 9.17) is 10.2 Å². The van der Waals surface area contributed by atoms with Crippen molar-refractivity contribution < 1.29 is 4.42 Å². The molecular formula is C16H28N2O. The maximum atomic E-state index is 5.80. The van der Waals surface area contributed by atoms with Crippen molar-refractivity contribution in [2.75, 3.05) is 13.1 Å². The Morgan fingerprint density at radius 2 is 1.89 bits per heavy atom. The van der Waals surface area contributed by atoms with Crippen molar-refractivity contribution in [2.45, 2.75) is 59.5 Å². The molecule has 0 amide bonds. The van der Waals surface area contributed by atoms with Crippen molar-refractivity contribution in [2.24, 2.45) is 11.1 Å². The minimum atomic E-state index is 0.501. The van der Waals surface area contributed by atoms with Crippen LogP contribution in [0.25, 0.3) is 0 Å². The molecule has 2 N–H and O–H groups in total. The van der Waals surface area contributed by atoms with Crippen molar-refractivity contribution in [3.63, 3.8) is 0 Å². The van der Waals surface area contributed by atoms with Crippen LogP contribution in [-0.2, 0) is 13.1 Å². The molecule has 0 aliphatic carbocycles. The number of rotatable bonds is 5. The van der Waals surface area contributed by atoms with Gasteiger partial charge in [0.25, 0.3) is 0 Å². The van der Waals surface area contributed by atoms with E-state index >= 15 is 0 Å². The molecule has 0 saturated carbocycles. The number of piperidine rings is 1. The van der Waals surface area contributed by atoms with Crippen LogP contribution in [0.1, 0.15) is 56.6 Å². The van der Waals surface area contributed by atoms with Gasteiger partial charge in [-0.15, -0.1) is 0 Å². The summed E-state index contributed by atoms with van der Waals surface area (Å²) in [5, 5.41) is 0. The van der Waals surface area contributed by atoms with Gasteiger partial charge in [-0.2, -0.15) is 0 Å². The van der Waals surface area contributed by atoms with Gasteiger partial charge in [-0.25, -0.2) is 0 Å². The first kappa shape index (κ1) is 14.6. The van der Waals surface area contributed by atoms with Gasteiger partial charge in [0.2, 0.25) is 0 Å². The Hall–Kier alpha value is -0.800. The number of nitrogens with two attached hydrogens (primary N) is 1. The van der Waals surface area contributed by atoms with Crippen LogP contribution in [0, 0.1) is 12.3 Å². The smallest absolute Gasteiger partial charge is 0.120 e. The lowest BCUT2D eigenvalue weighted by atomic mass is 9.74. The van der Waals surface area contributed by atoms with Crippen molar-refractivity contribution in [3.8, 4) is 0 Å². The average molecular weight is 264 g/mol. The molecule has 2 rings (SSSR count). The minimum Gasteiger partial charge on any atom is -0.463 e. The lowest BCUT2D eigenvalue weighted by molar-refractivity contribution is 0.0860. The highest BCUT2D eigenvalue weighted by Crippen LogP contribution is 2.38. The standard InChI is InChI=1S/C16H28N2O/c1-4-16(5-2)6-8-18(9-7-16)12-14-10-13(3)15(11-17)19-14/h10H,4-9,11-12,17H2,1-3H3. The Balaban J connectivity index is 1.91. The molecule has 0 aromatic carbocycles. The van der Waals surface area contributed by atoms with Crippen molar-refractivity contribution in [1.82, 2.24) is 4.90 Å². The molecule has 3 heteroatoms. The highest BCUT2D eigenvalue weighted by atomic mass is 16.3. The molecule has 1 aliphatic rings. The highest BCUT2D eigenvalue weighted by molar-refractivity contribution is 5.19. The summed E-state index contributed by atoms with van der Waals surface area (Å²) < 4.78 is 5.80. The fraction of sp³-hybridized carbons (Fsp3) is 0.750. The van der Waals surface area contributed by atoms with Gasteiger partial charge >= 0.3 is 0 Å². The first-order valence-corrected chi connectivity index (χ1v) is 7.63. The van der Waals surface area contributed by atoms with Gasteiger partial charge in [-0.1, -0.05) is 26.7 Å². The van der Waals surface area contributed by atoms with E-state index in [1.165, 1.54) is 44.3 Å². The van der Waals surface area contributed by atoms with Gasteiger partial charge in [-0.05, 0) is 49.9 Å². The third kappa shape index (κ3) is 3.21. The van der Waals surface area contributed by atoms with Crippen LogP contribution in [0.3, 0.4) is 0 Å². The van der Waals surface area contributed by atoms with Crippen LogP contribution in [-0.4, -0.2) is 18.0 Å². The lowest BCUT2D eigenvalue weighted by Crippen LogP contribution is -2.39. The van der Waals surface area contributed by atoms with Crippen LogP contribution in [0.2, 0.25) is 0 Å². The molecule has 1 fully saturated rings. The molecule has 1 aliphatic heterocycles. The molecule has 1 aromatic rings. The zero-order valence-electron chi connectivity index (χ0n) is 12.7. The third-order valence-corrected chi connectivity index (χ3v) is 5.05. The van der Waals surface area contributed by atoms with E-state index in [-0.39, 0.29) is 0 Å². The second-order valence-electron chi connectivity index (χ2n) is 6.01. The molecule has 0 spiro atoms. The van der Waals surface area contributed by atoms with E-state index in [1.54, 1.807) is 0 Å². The number of nitrogens with zero attached hydrogens (tertiary/aromatic N) is 1. The monoisotopic (exact) mass is 264 g/mol. The molecule has 19 heavy (non-hydrogen) atoms. The quantitative estimate of drug-likeness (QED) is 0.885. The summed E-state index contributed by atoms with van der Waals surface area (Å²) in [6, 6.07) is 2.14. The van der Waals surface area contributed by atoms with Gasteiger partial charge in [0, 0.05) is 0 Å². The summed E-state index contributed by atoms with van der Waals surface area (Å²) in [4.78, 5) is 2.52. The zero-order valence-corrected chi connectivity index (χ0v) is 12.7. The molecule has 2 heterocycles. The summed E-state index contributed by atoms with van der Waals surface area (Å²) in [7, 11) is 0. The molecule has 3 nitrogen and oxygen atoms in total. The molecule has 0 unspecified atom stereocenters. The van der Waals surface area contributed by atoms with Gasteiger partial charge in [-0.3, -0.25) is 4.90 Å². The maximum Gasteiger partial charge on any atom is 0.120 e. The van der Waals surface area contributed by atoms with Gasteiger partial charge < -0.3 is 10.2 Å².